The van der Waals surface area contributed by atoms with E-state index in [-0.39, 0.29) is 23.9 Å². The minimum Gasteiger partial charge on any atom is -0.274 e. The molecule has 2 heterocycles. The number of amides is 2. The standard InChI is InChI=1S/C19H12BrFN2O2/c20-14-10-11-4-3-7-15(21)17(11)22-16(14)8-9-23-18(24)12-5-1-2-6-13(12)19(23)25/h1-7,10H,8-9H2. The van der Waals surface area contributed by atoms with Crippen molar-refractivity contribution in [1.82, 2.24) is 9.88 Å². The monoisotopic (exact) mass is 398 g/mol. The van der Waals surface area contributed by atoms with Gasteiger partial charge in [0.1, 0.15) is 11.3 Å². The average Bonchev–Trinajstić information content (AvgIpc) is 2.85. The van der Waals surface area contributed by atoms with Crippen molar-refractivity contribution in [3.8, 4) is 0 Å². The van der Waals surface area contributed by atoms with Gasteiger partial charge in [0, 0.05) is 22.8 Å². The maximum atomic E-state index is 13.9. The van der Waals surface area contributed by atoms with E-state index >= 15 is 0 Å². The summed E-state index contributed by atoms with van der Waals surface area (Å²) in [5, 5.41) is 0.691. The Kier molecular flexibility index (Phi) is 3.84. The summed E-state index contributed by atoms with van der Waals surface area (Å²) in [4.78, 5) is 30.4. The Hall–Kier alpha value is -2.60. The predicted molar refractivity (Wildman–Crippen MR) is 94.9 cm³/mol. The first kappa shape index (κ1) is 15.9. The lowest BCUT2D eigenvalue weighted by Crippen LogP contribution is -2.32. The maximum Gasteiger partial charge on any atom is 0.261 e. The van der Waals surface area contributed by atoms with Gasteiger partial charge in [-0.05, 0) is 40.2 Å². The number of hydrogen-bond donors (Lipinski definition) is 0. The van der Waals surface area contributed by atoms with Crippen LogP contribution < -0.4 is 0 Å². The van der Waals surface area contributed by atoms with Crippen LogP contribution in [0.1, 0.15) is 26.4 Å². The predicted octanol–water partition coefficient (Wildman–Crippen LogP) is 3.98. The van der Waals surface area contributed by atoms with Gasteiger partial charge in [-0.2, -0.15) is 0 Å². The van der Waals surface area contributed by atoms with Crippen LogP contribution in [0, 0.1) is 5.82 Å². The summed E-state index contributed by atoms with van der Waals surface area (Å²) >= 11 is 3.44. The first-order valence-electron chi connectivity index (χ1n) is 7.75. The summed E-state index contributed by atoms with van der Waals surface area (Å²) in [7, 11) is 0. The third-order valence-corrected chi connectivity index (χ3v) is 4.96. The van der Waals surface area contributed by atoms with Gasteiger partial charge in [-0.15, -0.1) is 0 Å². The Morgan fingerprint density at radius 1 is 1.00 bits per heavy atom. The van der Waals surface area contributed by atoms with Crippen molar-refractivity contribution in [3.05, 3.63) is 75.6 Å². The van der Waals surface area contributed by atoms with Crippen molar-refractivity contribution < 1.29 is 14.0 Å². The summed E-state index contributed by atoms with van der Waals surface area (Å²) < 4.78 is 14.7. The molecular formula is C19H12BrFN2O2. The van der Waals surface area contributed by atoms with Crippen molar-refractivity contribution in [2.24, 2.45) is 0 Å². The molecule has 0 bridgehead atoms. The van der Waals surface area contributed by atoms with Crippen molar-refractivity contribution >= 4 is 38.6 Å². The number of para-hydroxylation sites is 1. The lowest BCUT2D eigenvalue weighted by atomic mass is 10.1. The van der Waals surface area contributed by atoms with E-state index in [0.717, 1.165) is 4.47 Å². The van der Waals surface area contributed by atoms with Gasteiger partial charge >= 0.3 is 0 Å². The Balaban J connectivity index is 1.61. The fourth-order valence-electron chi connectivity index (χ4n) is 3.01. The Morgan fingerprint density at radius 2 is 1.68 bits per heavy atom. The lowest BCUT2D eigenvalue weighted by Gasteiger charge is -2.14. The normalized spacial score (nSPS) is 13.6. The van der Waals surface area contributed by atoms with Crippen LogP contribution in [0.2, 0.25) is 0 Å². The van der Waals surface area contributed by atoms with Crippen LogP contribution in [0.3, 0.4) is 0 Å². The second kappa shape index (κ2) is 6.04. The average molecular weight is 399 g/mol. The minimum atomic E-state index is -0.396. The summed E-state index contributed by atoms with van der Waals surface area (Å²) in [5.74, 6) is -1.00. The molecule has 124 valence electrons. The smallest absolute Gasteiger partial charge is 0.261 e. The first-order valence-corrected chi connectivity index (χ1v) is 8.54. The fourth-order valence-corrected chi connectivity index (χ4v) is 3.54. The minimum absolute atomic E-state index is 0.192. The highest BCUT2D eigenvalue weighted by Crippen LogP contribution is 2.26. The van der Waals surface area contributed by atoms with Crippen LogP contribution in [0.15, 0.2) is 53.0 Å². The maximum absolute atomic E-state index is 13.9. The molecule has 3 aromatic rings. The third-order valence-electron chi connectivity index (χ3n) is 4.27. The number of benzene rings is 2. The van der Waals surface area contributed by atoms with Crippen LogP contribution in [-0.2, 0) is 6.42 Å². The highest BCUT2D eigenvalue weighted by atomic mass is 79.9. The topological polar surface area (TPSA) is 50.3 Å². The third kappa shape index (κ3) is 2.62. The van der Waals surface area contributed by atoms with Crippen LogP contribution >= 0.6 is 15.9 Å². The zero-order chi connectivity index (χ0) is 17.6. The number of carbonyl (C=O) groups is 2. The van der Waals surface area contributed by atoms with Crippen LogP contribution in [0.4, 0.5) is 4.39 Å². The fraction of sp³-hybridized carbons (Fsp3) is 0.105. The van der Waals surface area contributed by atoms with Gasteiger partial charge in [0.15, 0.2) is 0 Å². The number of carbonyl (C=O) groups excluding carboxylic acids is 2. The molecule has 0 radical (unpaired) electrons. The molecule has 0 aliphatic carbocycles. The van der Waals surface area contributed by atoms with Gasteiger partial charge in [-0.1, -0.05) is 24.3 Å². The molecule has 0 spiro atoms. The van der Waals surface area contributed by atoms with Crippen LogP contribution in [-0.4, -0.2) is 28.2 Å². The van der Waals surface area contributed by atoms with E-state index in [1.807, 2.05) is 0 Å². The molecule has 1 aliphatic rings. The van der Waals surface area contributed by atoms with Gasteiger partial charge in [0.25, 0.3) is 11.8 Å². The Labute approximate surface area is 151 Å². The quantitative estimate of drug-likeness (QED) is 0.627. The van der Waals surface area contributed by atoms with Crippen molar-refractivity contribution in [3.63, 3.8) is 0 Å². The number of rotatable bonds is 3. The molecule has 1 aliphatic heterocycles. The summed E-state index contributed by atoms with van der Waals surface area (Å²) in [6, 6.07) is 13.3. The summed E-state index contributed by atoms with van der Waals surface area (Å²) in [6.45, 7) is 0.192. The number of aromatic nitrogens is 1. The van der Waals surface area contributed by atoms with Gasteiger partial charge in [-0.25, -0.2) is 9.37 Å². The number of nitrogens with zero attached hydrogens (tertiary/aromatic N) is 2. The molecule has 0 N–H and O–H groups in total. The molecule has 4 nitrogen and oxygen atoms in total. The largest absolute Gasteiger partial charge is 0.274 e. The first-order chi connectivity index (χ1) is 12.1. The zero-order valence-corrected chi connectivity index (χ0v) is 14.6. The highest BCUT2D eigenvalue weighted by molar-refractivity contribution is 9.10. The molecule has 6 heteroatoms. The molecule has 2 aromatic carbocycles. The number of halogens is 2. The zero-order valence-electron chi connectivity index (χ0n) is 13.0. The SMILES string of the molecule is O=C1c2ccccc2C(=O)N1CCc1nc2c(F)cccc2cc1Br. The second-order valence-corrected chi connectivity index (χ2v) is 6.64. The Morgan fingerprint density at radius 3 is 2.36 bits per heavy atom. The molecular weight excluding hydrogens is 387 g/mol. The van der Waals surface area contributed by atoms with E-state index in [9.17, 15) is 14.0 Å². The number of imide groups is 1. The Bertz CT molecular complexity index is 1000. The van der Waals surface area contributed by atoms with Gasteiger partial charge in [0.2, 0.25) is 0 Å². The number of hydrogen-bond acceptors (Lipinski definition) is 3. The molecule has 0 atom stereocenters. The highest BCUT2D eigenvalue weighted by Gasteiger charge is 2.34. The molecule has 0 saturated carbocycles. The van der Waals surface area contributed by atoms with Crippen LogP contribution in [0.5, 0.6) is 0 Å². The molecule has 1 aromatic heterocycles. The molecule has 4 rings (SSSR count). The summed E-state index contributed by atoms with van der Waals surface area (Å²) in [5.41, 5.74) is 1.73. The van der Waals surface area contributed by atoms with Gasteiger partial charge in [0.05, 0.1) is 16.8 Å². The van der Waals surface area contributed by atoms with Crippen molar-refractivity contribution in [1.29, 1.82) is 0 Å². The molecule has 2 amide bonds. The second-order valence-electron chi connectivity index (χ2n) is 5.79. The van der Waals surface area contributed by atoms with Gasteiger partial charge < -0.3 is 0 Å². The van der Waals surface area contributed by atoms with E-state index < -0.39 is 5.82 Å². The van der Waals surface area contributed by atoms with E-state index in [2.05, 4.69) is 20.9 Å². The van der Waals surface area contributed by atoms with E-state index in [1.165, 1.54) is 11.0 Å². The van der Waals surface area contributed by atoms with Crippen molar-refractivity contribution in [2.75, 3.05) is 6.54 Å². The lowest BCUT2D eigenvalue weighted by molar-refractivity contribution is 0.0656. The molecule has 25 heavy (non-hydrogen) atoms. The summed E-state index contributed by atoms with van der Waals surface area (Å²) in [6.07, 6.45) is 0.344. The van der Waals surface area contributed by atoms with E-state index in [1.54, 1.807) is 42.5 Å². The van der Waals surface area contributed by atoms with E-state index in [0.29, 0.717) is 28.6 Å². The van der Waals surface area contributed by atoms with E-state index in [4.69, 9.17) is 0 Å². The van der Waals surface area contributed by atoms with Gasteiger partial charge in [-0.3, -0.25) is 14.5 Å². The molecule has 0 unspecified atom stereocenters. The molecule has 0 fully saturated rings. The number of pyridine rings is 1. The molecule has 0 saturated heterocycles. The van der Waals surface area contributed by atoms with Crippen LogP contribution in [0.25, 0.3) is 10.9 Å². The number of fused-ring (bicyclic) bond motifs is 2. The van der Waals surface area contributed by atoms with Crippen molar-refractivity contribution in [2.45, 2.75) is 6.42 Å².